The van der Waals surface area contributed by atoms with Crippen LogP contribution in [0.15, 0.2) is 62.9 Å². The summed E-state index contributed by atoms with van der Waals surface area (Å²) in [6, 6.07) is 12.0. The first-order valence-corrected chi connectivity index (χ1v) is 9.30. The Hall–Kier alpha value is -2.80. The van der Waals surface area contributed by atoms with E-state index >= 15 is 0 Å². The SMILES string of the molecule is CC(C)(C)OC(=O)Oc1ccc2c(CSc3ccccn3)cc(=O)oc2c1. The standard InChI is InChI=1S/C20H19NO5S/c1-20(2,3)26-19(23)24-14-7-8-15-13(10-18(22)25-16(15)11-14)12-27-17-6-4-5-9-21-17/h4-11H,12H2,1-3H3. The lowest BCUT2D eigenvalue weighted by atomic mass is 10.1. The van der Waals surface area contributed by atoms with Gasteiger partial charge in [-0.2, -0.15) is 0 Å². The number of benzene rings is 1. The van der Waals surface area contributed by atoms with Gasteiger partial charge in [0.2, 0.25) is 0 Å². The van der Waals surface area contributed by atoms with Crippen LogP contribution in [0.4, 0.5) is 4.79 Å². The fourth-order valence-corrected chi connectivity index (χ4v) is 3.20. The molecule has 0 N–H and O–H groups in total. The molecular formula is C20H19NO5S. The molecule has 0 saturated carbocycles. The summed E-state index contributed by atoms with van der Waals surface area (Å²) in [6.45, 7) is 5.25. The smallest absolute Gasteiger partial charge is 0.428 e. The Morgan fingerprint density at radius 1 is 1.19 bits per heavy atom. The Labute approximate surface area is 160 Å². The molecule has 1 aromatic carbocycles. The first-order chi connectivity index (χ1) is 12.8. The largest absolute Gasteiger partial charge is 0.514 e. The highest BCUT2D eigenvalue weighted by Crippen LogP contribution is 2.28. The van der Waals surface area contributed by atoms with Crippen molar-refractivity contribution in [2.75, 3.05) is 0 Å². The predicted molar refractivity (Wildman–Crippen MR) is 103 cm³/mol. The summed E-state index contributed by atoms with van der Waals surface area (Å²) < 4.78 is 15.6. The molecule has 0 spiro atoms. The molecule has 0 aliphatic heterocycles. The van der Waals surface area contributed by atoms with E-state index in [0.29, 0.717) is 11.3 Å². The van der Waals surface area contributed by atoms with Gasteiger partial charge in [-0.15, -0.1) is 11.8 Å². The van der Waals surface area contributed by atoms with Gasteiger partial charge in [-0.25, -0.2) is 14.6 Å². The number of fused-ring (bicyclic) bond motifs is 1. The normalized spacial score (nSPS) is 11.4. The predicted octanol–water partition coefficient (Wildman–Crippen LogP) is 4.79. The molecule has 2 heterocycles. The van der Waals surface area contributed by atoms with Gasteiger partial charge >= 0.3 is 11.8 Å². The minimum Gasteiger partial charge on any atom is -0.428 e. The number of hydrogen-bond donors (Lipinski definition) is 0. The number of nitrogens with zero attached hydrogens (tertiary/aromatic N) is 1. The van der Waals surface area contributed by atoms with Crippen LogP contribution in [0.2, 0.25) is 0 Å². The molecule has 0 unspecified atom stereocenters. The van der Waals surface area contributed by atoms with Crippen molar-refractivity contribution in [3.05, 3.63) is 64.6 Å². The Bertz CT molecular complexity index is 1010. The number of carbonyl (C=O) groups excluding carboxylic acids is 1. The number of hydrogen-bond acceptors (Lipinski definition) is 7. The molecule has 3 aromatic rings. The summed E-state index contributed by atoms with van der Waals surface area (Å²) in [7, 11) is 0. The molecule has 0 radical (unpaired) electrons. The molecule has 0 atom stereocenters. The topological polar surface area (TPSA) is 78.6 Å². The second kappa shape index (κ2) is 7.84. The molecule has 7 heteroatoms. The Kier molecular flexibility index (Phi) is 5.51. The van der Waals surface area contributed by atoms with Gasteiger partial charge in [0.15, 0.2) is 0 Å². The van der Waals surface area contributed by atoms with Crippen LogP contribution in [-0.4, -0.2) is 16.7 Å². The monoisotopic (exact) mass is 385 g/mol. The number of ether oxygens (including phenoxy) is 2. The van der Waals surface area contributed by atoms with E-state index < -0.39 is 17.4 Å². The summed E-state index contributed by atoms with van der Waals surface area (Å²) in [6.07, 6.45) is 0.908. The lowest BCUT2D eigenvalue weighted by Gasteiger charge is -2.18. The van der Waals surface area contributed by atoms with Gasteiger partial charge in [-0.3, -0.25) is 0 Å². The maximum atomic E-state index is 11.9. The highest BCUT2D eigenvalue weighted by Gasteiger charge is 2.18. The van der Waals surface area contributed by atoms with Gasteiger partial charge < -0.3 is 13.9 Å². The number of aromatic nitrogens is 1. The zero-order valence-electron chi connectivity index (χ0n) is 15.2. The maximum Gasteiger partial charge on any atom is 0.514 e. The summed E-state index contributed by atoms with van der Waals surface area (Å²) in [5.41, 5.74) is 0.0468. The number of carbonyl (C=O) groups is 1. The highest BCUT2D eigenvalue weighted by atomic mass is 32.2. The van der Waals surface area contributed by atoms with E-state index in [0.717, 1.165) is 16.0 Å². The summed E-state index contributed by atoms with van der Waals surface area (Å²) in [4.78, 5) is 28.0. The van der Waals surface area contributed by atoms with Gasteiger partial charge in [0.25, 0.3) is 0 Å². The number of rotatable bonds is 4. The highest BCUT2D eigenvalue weighted by molar-refractivity contribution is 7.98. The zero-order chi connectivity index (χ0) is 19.4. The van der Waals surface area contributed by atoms with Crippen molar-refractivity contribution in [3.8, 4) is 5.75 Å². The van der Waals surface area contributed by atoms with Crippen LogP contribution in [0.1, 0.15) is 26.3 Å². The molecule has 0 aliphatic rings. The minimum absolute atomic E-state index is 0.245. The Morgan fingerprint density at radius 3 is 2.70 bits per heavy atom. The van der Waals surface area contributed by atoms with Gasteiger partial charge in [-0.1, -0.05) is 6.07 Å². The molecule has 140 valence electrons. The van der Waals surface area contributed by atoms with E-state index in [1.165, 1.54) is 23.9 Å². The molecule has 0 saturated heterocycles. The first-order valence-electron chi connectivity index (χ1n) is 8.32. The van der Waals surface area contributed by atoms with Crippen molar-refractivity contribution in [1.82, 2.24) is 4.98 Å². The maximum absolute atomic E-state index is 11.9. The van der Waals surface area contributed by atoms with Crippen LogP contribution in [0.25, 0.3) is 11.0 Å². The minimum atomic E-state index is -0.814. The van der Waals surface area contributed by atoms with Crippen LogP contribution in [0.3, 0.4) is 0 Å². The van der Waals surface area contributed by atoms with Crippen LogP contribution in [0.5, 0.6) is 5.75 Å². The molecule has 27 heavy (non-hydrogen) atoms. The van der Waals surface area contributed by atoms with E-state index in [-0.39, 0.29) is 5.75 Å². The quantitative estimate of drug-likeness (QED) is 0.276. The lowest BCUT2D eigenvalue weighted by Crippen LogP contribution is -2.25. The van der Waals surface area contributed by atoms with Crippen molar-refractivity contribution < 1.29 is 18.7 Å². The van der Waals surface area contributed by atoms with E-state index in [2.05, 4.69) is 4.98 Å². The average Bonchev–Trinajstić information content (AvgIpc) is 2.58. The second-order valence-electron chi connectivity index (χ2n) is 6.77. The van der Waals surface area contributed by atoms with Gasteiger partial charge in [0.1, 0.15) is 16.9 Å². The van der Waals surface area contributed by atoms with Gasteiger partial charge in [-0.05, 0) is 50.6 Å². The van der Waals surface area contributed by atoms with Crippen molar-refractivity contribution in [2.24, 2.45) is 0 Å². The van der Waals surface area contributed by atoms with E-state index in [9.17, 15) is 9.59 Å². The molecule has 3 rings (SSSR count). The van der Waals surface area contributed by atoms with Crippen LogP contribution < -0.4 is 10.4 Å². The third-order valence-electron chi connectivity index (χ3n) is 3.41. The molecule has 0 aliphatic carbocycles. The molecular weight excluding hydrogens is 366 g/mol. The molecule has 0 bridgehead atoms. The van der Waals surface area contributed by atoms with Crippen molar-refractivity contribution >= 4 is 28.9 Å². The number of pyridine rings is 1. The third-order valence-corrected chi connectivity index (χ3v) is 4.40. The molecule has 6 nitrogen and oxygen atoms in total. The summed E-state index contributed by atoms with van der Waals surface area (Å²) in [5, 5.41) is 1.64. The van der Waals surface area contributed by atoms with Crippen molar-refractivity contribution in [1.29, 1.82) is 0 Å². The van der Waals surface area contributed by atoms with E-state index in [4.69, 9.17) is 13.9 Å². The van der Waals surface area contributed by atoms with Crippen molar-refractivity contribution in [2.45, 2.75) is 37.2 Å². The van der Waals surface area contributed by atoms with Gasteiger partial charge in [0.05, 0.1) is 5.03 Å². The Balaban J connectivity index is 1.83. The van der Waals surface area contributed by atoms with Crippen molar-refractivity contribution in [3.63, 3.8) is 0 Å². The van der Waals surface area contributed by atoms with E-state index in [1.807, 2.05) is 18.2 Å². The fourth-order valence-electron chi connectivity index (χ4n) is 2.34. The Morgan fingerprint density at radius 2 is 2.00 bits per heavy atom. The average molecular weight is 385 g/mol. The summed E-state index contributed by atoms with van der Waals surface area (Å²) in [5.74, 6) is 0.806. The molecule has 0 fully saturated rings. The van der Waals surface area contributed by atoms with Crippen LogP contribution >= 0.6 is 11.8 Å². The first kappa shape index (κ1) is 19.0. The van der Waals surface area contributed by atoms with E-state index in [1.54, 1.807) is 39.1 Å². The zero-order valence-corrected chi connectivity index (χ0v) is 16.0. The number of thioether (sulfide) groups is 1. The lowest BCUT2D eigenvalue weighted by molar-refractivity contribution is 0.0206. The van der Waals surface area contributed by atoms with Gasteiger partial charge in [0, 0.05) is 29.5 Å². The second-order valence-corrected chi connectivity index (χ2v) is 7.77. The summed E-state index contributed by atoms with van der Waals surface area (Å²) >= 11 is 1.52. The van der Waals surface area contributed by atoms with Crippen LogP contribution in [-0.2, 0) is 10.5 Å². The molecule has 2 aromatic heterocycles. The third kappa shape index (κ3) is 5.34. The van der Waals surface area contributed by atoms with Crippen LogP contribution in [0, 0.1) is 0 Å². The molecule has 0 amide bonds. The fraction of sp³-hybridized carbons (Fsp3) is 0.250.